The van der Waals surface area contributed by atoms with Gasteiger partial charge in [0, 0.05) is 0 Å². The van der Waals surface area contributed by atoms with Crippen LogP contribution >= 0.6 is 11.8 Å². The molecule has 0 amide bonds. The van der Waals surface area contributed by atoms with E-state index in [9.17, 15) is 4.79 Å². The molecule has 0 saturated carbocycles. The summed E-state index contributed by atoms with van der Waals surface area (Å²) in [6, 6.07) is 5.96. The van der Waals surface area contributed by atoms with Gasteiger partial charge in [0.15, 0.2) is 6.61 Å². The Hall–Kier alpha value is -2.02. The van der Waals surface area contributed by atoms with Crippen molar-refractivity contribution < 1.29 is 18.7 Å². The van der Waals surface area contributed by atoms with Gasteiger partial charge in [-0.3, -0.25) is 4.79 Å². The Balaban J connectivity index is 1.85. The molecule has 1 aromatic carbocycles. The van der Waals surface area contributed by atoms with Gasteiger partial charge < -0.3 is 13.9 Å². The normalized spacial score (nSPS) is 10.5. The third-order valence-electron chi connectivity index (χ3n) is 2.62. The number of ether oxygens (including phenoxy) is 2. The van der Waals surface area contributed by atoms with Crippen molar-refractivity contribution in [3.63, 3.8) is 0 Å². The fraction of sp³-hybridized carbons (Fsp3) is 0.400. The van der Waals surface area contributed by atoms with Crippen LogP contribution in [0.5, 0.6) is 5.75 Å². The molecule has 0 saturated heterocycles. The van der Waals surface area contributed by atoms with Gasteiger partial charge >= 0.3 is 5.97 Å². The van der Waals surface area contributed by atoms with E-state index in [1.54, 1.807) is 6.92 Å². The number of carbonyl (C=O) groups excluding carboxylic acids is 1. The standard InChI is InChI=1S/C15H18N2O4S/c1-4-19-14(18)9-22-15-17-16-13(21-15)8-20-12-6-10(2)5-11(3)7-12/h5-7H,4,8-9H2,1-3H3. The van der Waals surface area contributed by atoms with Crippen molar-refractivity contribution in [2.75, 3.05) is 12.4 Å². The number of hydrogen-bond donors (Lipinski definition) is 0. The molecule has 22 heavy (non-hydrogen) atoms. The molecule has 2 aromatic rings. The zero-order chi connectivity index (χ0) is 15.9. The van der Waals surface area contributed by atoms with Crippen molar-refractivity contribution in [2.45, 2.75) is 32.6 Å². The molecule has 7 heteroatoms. The van der Waals surface area contributed by atoms with Gasteiger partial charge in [0.05, 0.1) is 6.61 Å². The Bertz CT molecular complexity index is 622. The van der Waals surface area contributed by atoms with E-state index in [0.717, 1.165) is 28.6 Å². The minimum absolute atomic E-state index is 0.146. The molecule has 0 unspecified atom stereocenters. The van der Waals surface area contributed by atoms with E-state index in [1.807, 2.05) is 26.0 Å². The second-order valence-corrected chi connectivity index (χ2v) is 5.59. The molecule has 0 spiro atoms. The van der Waals surface area contributed by atoms with Crippen LogP contribution in [0.3, 0.4) is 0 Å². The zero-order valence-electron chi connectivity index (χ0n) is 12.8. The molecule has 0 aliphatic carbocycles. The van der Waals surface area contributed by atoms with Crippen LogP contribution < -0.4 is 4.74 Å². The largest absolute Gasteiger partial charge is 0.484 e. The maximum absolute atomic E-state index is 11.2. The number of aryl methyl sites for hydroxylation is 2. The van der Waals surface area contributed by atoms with Crippen LogP contribution in [0.2, 0.25) is 0 Å². The Morgan fingerprint density at radius 2 is 1.95 bits per heavy atom. The van der Waals surface area contributed by atoms with Gasteiger partial charge in [-0.25, -0.2) is 0 Å². The smallest absolute Gasteiger partial charge is 0.316 e. The van der Waals surface area contributed by atoms with E-state index in [-0.39, 0.29) is 18.3 Å². The van der Waals surface area contributed by atoms with Crippen LogP contribution in [-0.2, 0) is 16.1 Å². The highest BCUT2D eigenvalue weighted by molar-refractivity contribution is 7.99. The lowest BCUT2D eigenvalue weighted by Gasteiger charge is -2.05. The lowest BCUT2D eigenvalue weighted by molar-refractivity contribution is -0.139. The first-order valence-corrected chi connectivity index (χ1v) is 7.87. The Kier molecular flexibility index (Phi) is 5.83. The lowest BCUT2D eigenvalue weighted by atomic mass is 10.1. The average Bonchev–Trinajstić information content (AvgIpc) is 2.90. The van der Waals surface area contributed by atoms with Gasteiger partial charge in [-0.05, 0) is 44.0 Å². The van der Waals surface area contributed by atoms with Crippen LogP contribution in [0.15, 0.2) is 27.8 Å². The second-order valence-electron chi connectivity index (χ2n) is 4.67. The predicted molar refractivity (Wildman–Crippen MR) is 81.9 cm³/mol. The van der Waals surface area contributed by atoms with Crippen molar-refractivity contribution in [3.8, 4) is 5.75 Å². The quantitative estimate of drug-likeness (QED) is 0.573. The number of rotatable bonds is 7. The van der Waals surface area contributed by atoms with Crippen molar-refractivity contribution >= 4 is 17.7 Å². The Labute approximate surface area is 133 Å². The number of benzene rings is 1. The highest BCUT2D eigenvalue weighted by atomic mass is 32.2. The molecule has 0 aliphatic rings. The molecular formula is C15H18N2O4S. The van der Waals surface area contributed by atoms with E-state index >= 15 is 0 Å². The molecule has 0 fully saturated rings. The highest BCUT2D eigenvalue weighted by Crippen LogP contribution is 2.19. The number of carbonyl (C=O) groups is 1. The van der Waals surface area contributed by atoms with E-state index < -0.39 is 0 Å². The summed E-state index contributed by atoms with van der Waals surface area (Å²) in [4.78, 5) is 11.2. The maximum Gasteiger partial charge on any atom is 0.316 e. The van der Waals surface area contributed by atoms with Gasteiger partial charge in [0.1, 0.15) is 11.5 Å². The molecule has 1 heterocycles. The minimum atomic E-state index is -0.307. The third-order valence-corrected chi connectivity index (χ3v) is 3.42. The molecule has 0 radical (unpaired) electrons. The van der Waals surface area contributed by atoms with Crippen LogP contribution in [0.1, 0.15) is 23.9 Å². The predicted octanol–water partition coefficient (Wildman–Crippen LogP) is 2.92. The van der Waals surface area contributed by atoms with E-state index in [2.05, 4.69) is 16.3 Å². The second kappa shape index (κ2) is 7.84. The first kappa shape index (κ1) is 16.4. The molecule has 1 aromatic heterocycles. The monoisotopic (exact) mass is 322 g/mol. The molecule has 0 aliphatic heterocycles. The maximum atomic E-state index is 11.2. The topological polar surface area (TPSA) is 74.5 Å². The third kappa shape index (κ3) is 5.07. The van der Waals surface area contributed by atoms with Gasteiger partial charge in [-0.15, -0.1) is 10.2 Å². The van der Waals surface area contributed by atoms with Crippen molar-refractivity contribution in [3.05, 3.63) is 35.2 Å². The lowest BCUT2D eigenvalue weighted by Crippen LogP contribution is -2.06. The van der Waals surface area contributed by atoms with Crippen molar-refractivity contribution in [2.24, 2.45) is 0 Å². The molecule has 6 nitrogen and oxygen atoms in total. The molecule has 118 valence electrons. The summed E-state index contributed by atoms with van der Waals surface area (Å²) < 4.78 is 15.9. The summed E-state index contributed by atoms with van der Waals surface area (Å²) in [5.41, 5.74) is 2.26. The fourth-order valence-electron chi connectivity index (χ4n) is 1.84. The Morgan fingerprint density at radius 3 is 2.64 bits per heavy atom. The number of aromatic nitrogens is 2. The summed E-state index contributed by atoms with van der Waals surface area (Å²) in [6.07, 6.45) is 0. The minimum Gasteiger partial charge on any atom is -0.484 e. The first-order chi connectivity index (χ1) is 10.6. The van der Waals surface area contributed by atoms with E-state index in [4.69, 9.17) is 13.9 Å². The van der Waals surface area contributed by atoms with Crippen molar-refractivity contribution in [1.82, 2.24) is 10.2 Å². The first-order valence-electron chi connectivity index (χ1n) is 6.88. The molecule has 0 bridgehead atoms. The zero-order valence-corrected chi connectivity index (χ0v) is 13.6. The highest BCUT2D eigenvalue weighted by Gasteiger charge is 2.10. The number of hydrogen-bond acceptors (Lipinski definition) is 7. The molecule has 2 rings (SSSR count). The fourth-order valence-corrected chi connectivity index (χ4v) is 2.42. The Morgan fingerprint density at radius 1 is 1.23 bits per heavy atom. The van der Waals surface area contributed by atoms with Gasteiger partial charge in [0.25, 0.3) is 11.1 Å². The summed E-state index contributed by atoms with van der Waals surface area (Å²) in [6.45, 7) is 6.33. The molecule has 0 atom stereocenters. The summed E-state index contributed by atoms with van der Waals surface area (Å²) in [5, 5.41) is 8.07. The van der Waals surface area contributed by atoms with Crippen molar-refractivity contribution in [1.29, 1.82) is 0 Å². The van der Waals surface area contributed by atoms with E-state index in [1.165, 1.54) is 0 Å². The summed E-state index contributed by atoms with van der Waals surface area (Å²) in [5.74, 6) is 0.966. The van der Waals surface area contributed by atoms with Crippen LogP contribution in [0, 0.1) is 13.8 Å². The number of nitrogens with zero attached hydrogens (tertiary/aromatic N) is 2. The summed E-state index contributed by atoms with van der Waals surface area (Å²) in [7, 11) is 0. The number of esters is 1. The van der Waals surface area contributed by atoms with Gasteiger partial charge in [-0.1, -0.05) is 17.8 Å². The molecule has 0 N–H and O–H groups in total. The van der Waals surface area contributed by atoms with Crippen LogP contribution in [-0.4, -0.2) is 28.5 Å². The average molecular weight is 322 g/mol. The molecular weight excluding hydrogens is 304 g/mol. The van der Waals surface area contributed by atoms with Crippen LogP contribution in [0.25, 0.3) is 0 Å². The van der Waals surface area contributed by atoms with Gasteiger partial charge in [0.2, 0.25) is 0 Å². The summed E-state index contributed by atoms with van der Waals surface area (Å²) >= 11 is 1.15. The van der Waals surface area contributed by atoms with E-state index in [0.29, 0.717) is 17.7 Å². The SMILES string of the molecule is CCOC(=O)CSc1nnc(COc2cc(C)cc(C)c2)o1. The van der Waals surface area contributed by atoms with Crippen LogP contribution in [0.4, 0.5) is 0 Å². The number of thioether (sulfide) groups is 1. The van der Waals surface area contributed by atoms with Gasteiger partial charge in [-0.2, -0.15) is 0 Å².